The molecule has 0 bridgehead atoms. The summed E-state index contributed by atoms with van der Waals surface area (Å²) in [6.07, 6.45) is 1.18. The highest BCUT2D eigenvalue weighted by atomic mass is 16.5. The van der Waals surface area contributed by atoms with Crippen LogP contribution in [0.25, 0.3) is 0 Å². The second-order valence-electron chi connectivity index (χ2n) is 6.46. The van der Waals surface area contributed by atoms with E-state index in [1.807, 2.05) is 12.1 Å². The molecular formula is C18H25N3O4. The average molecular weight is 347 g/mol. The van der Waals surface area contributed by atoms with Gasteiger partial charge in [0, 0.05) is 37.8 Å². The Hall–Kier alpha value is -2.12. The van der Waals surface area contributed by atoms with Crippen molar-refractivity contribution in [2.75, 3.05) is 44.8 Å². The van der Waals surface area contributed by atoms with Crippen molar-refractivity contribution in [3.63, 3.8) is 0 Å². The molecule has 1 saturated heterocycles. The van der Waals surface area contributed by atoms with Crippen LogP contribution < -0.4 is 15.4 Å². The lowest BCUT2D eigenvalue weighted by Crippen LogP contribution is -2.47. The number of rotatable bonds is 6. The number of carbonyl (C=O) groups excluding carboxylic acids is 2. The summed E-state index contributed by atoms with van der Waals surface area (Å²) < 4.78 is 10.9. The maximum atomic E-state index is 12.0. The van der Waals surface area contributed by atoms with Gasteiger partial charge in [-0.15, -0.1) is 0 Å². The zero-order valence-electron chi connectivity index (χ0n) is 14.5. The molecule has 25 heavy (non-hydrogen) atoms. The van der Waals surface area contributed by atoms with Crippen LogP contribution in [0.4, 0.5) is 5.69 Å². The average Bonchev–Trinajstić information content (AvgIpc) is 2.65. The Labute approximate surface area is 147 Å². The summed E-state index contributed by atoms with van der Waals surface area (Å²) in [5.74, 6) is 0.548. The van der Waals surface area contributed by atoms with Gasteiger partial charge in [-0.3, -0.25) is 14.5 Å². The summed E-state index contributed by atoms with van der Waals surface area (Å²) in [7, 11) is 0. The van der Waals surface area contributed by atoms with Crippen molar-refractivity contribution >= 4 is 17.5 Å². The fourth-order valence-corrected chi connectivity index (χ4v) is 3.06. The molecule has 0 unspecified atom stereocenters. The van der Waals surface area contributed by atoms with Gasteiger partial charge in [-0.1, -0.05) is 0 Å². The first-order valence-corrected chi connectivity index (χ1v) is 8.76. The van der Waals surface area contributed by atoms with Crippen molar-refractivity contribution in [1.82, 2.24) is 10.2 Å². The van der Waals surface area contributed by atoms with E-state index in [0.29, 0.717) is 25.1 Å². The van der Waals surface area contributed by atoms with Crippen LogP contribution in [0.3, 0.4) is 0 Å². The number of anilines is 1. The molecule has 0 radical (unpaired) electrons. The second-order valence-corrected chi connectivity index (χ2v) is 6.46. The Balaban J connectivity index is 1.42. The van der Waals surface area contributed by atoms with E-state index < -0.39 is 0 Å². The van der Waals surface area contributed by atoms with Gasteiger partial charge >= 0.3 is 0 Å². The Morgan fingerprint density at radius 1 is 1.36 bits per heavy atom. The van der Waals surface area contributed by atoms with E-state index in [9.17, 15) is 9.59 Å². The third-order valence-corrected chi connectivity index (χ3v) is 4.61. The number of morpholine rings is 1. The standard InChI is InChI=1S/C18H25N3O4/c1-13(21-6-8-24-9-7-21)11-19-18(23)12-25-15-3-4-16-14(10-15)2-5-17(22)20-16/h3-4,10,13H,2,5-9,11-12H2,1H3,(H,19,23)(H,20,22)/t13-/m1/s1. The molecule has 2 aliphatic heterocycles. The van der Waals surface area contributed by atoms with Gasteiger partial charge in [0.25, 0.3) is 5.91 Å². The van der Waals surface area contributed by atoms with Gasteiger partial charge in [0.2, 0.25) is 5.91 Å². The largest absolute Gasteiger partial charge is 0.484 e. The zero-order chi connectivity index (χ0) is 17.6. The van der Waals surface area contributed by atoms with E-state index >= 15 is 0 Å². The van der Waals surface area contributed by atoms with Crippen molar-refractivity contribution in [2.45, 2.75) is 25.8 Å². The summed E-state index contributed by atoms with van der Waals surface area (Å²) in [6.45, 7) is 5.99. The Bertz CT molecular complexity index is 629. The first-order chi connectivity index (χ1) is 12.1. The van der Waals surface area contributed by atoms with E-state index in [0.717, 1.165) is 37.6 Å². The molecule has 1 atom stereocenters. The molecule has 0 aromatic heterocycles. The number of benzene rings is 1. The van der Waals surface area contributed by atoms with Crippen LogP contribution in [0.15, 0.2) is 18.2 Å². The fourth-order valence-electron chi connectivity index (χ4n) is 3.06. The molecule has 7 nitrogen and oxygen atoms in total. The highest BCUT2D eigenvalue weighted by Crippen LogP contribution is 2.26. The minimum atomic E-state index is -0.133. The number of amides is 2. The number of hydrogen-bond donors (Lipinski definition) is 2. The predicted octanol–water partition coefficient (Wildman–Crippen LogP) is 0.787. The molecule has 0 aliphatic carbocycles. The summed E-state index contributed by atoms with van der Waals surface area (Å²) in [6, 6.07) is 5.76. The SMILES string of the molecule is C[C@H](CNC(=O)COc1ccc2c(c1)CCC(=O)N2)N1CCOCC1. The van der Waals surface area contributed by atoms with Gasteiger partial charge in [0.05, 0.1) is 13.2 Å². The summed E-state index contributed by atoms with van der Waals surface area (Å²) in [5.41, 5.74) is 1.87. The lowest BCUT2D eigenvalue weighted by Gasteiger charge is -2.32. The van der Waals surface area contributed by atoms with Gasteiger partial charge < -0.3 is 20.1 Å². The number of carbonyl (C=O) groups is 2. The summed E-state index contributed by atoms with van der Waals surface area (Å²) in [4.78, 5) is 25.7. The van der Waals surface area contributed by atoms with Gasteiger partial charge in [-0.2, -0.15) is 0 Å². The number of nitrogens with one attached hydrogen (secondary N) is 2. The highest BCUT2D eigenvalue weighted by Gasteiger charge is 2.18. The van der Waals surface area contributed by atoms with Crippen molar-refractivity contribution in [2.24, 2.45) is 0 Å². The molecule has 1 fully saturated rings. The van der Waals surface area contributed by atoms with Gasteiger partial charge in [0.1, 0.15) is 5.75 Å². The van der Waals surface area contributed by atoms with Crippen LogP contribution in [-0.4, -0.2) is 62.2 Å². The van der Waals surface area contributed by atoms with E-state index in [4.69, 9.17) is 9.47 Å². The topological polar surface area (TPSA) is 79.9 Å². The van der Waals surface area contributed by atoms with Crippen LogP contribution in [-0.2, 0) is 20.7 Å². The van der Waals surface area contributed by atoms with E-state index in [1.165, 1.54) is 0 Å². The first kappa shape index (κ1) is 17.7. The fraction of sp³-hybridized carbons (Fsp3) is 0.556. The third-order valence-electron chi connectivity index (χ3n) is 4.61. The molecule has 136 valence electrons. The molecule has 2 N–H and O–H groups in total. The van der Waals surface area contributed by atoms with Crippen LogP contribution in [0, 0.1) is 0 Å². The van der Waals surface area contributed by atoms with Crippen molar-refractivity contribution in [3.8, 4) is 5.75 Å². The molecular weight excluding hydrogens is 322 g/mol. The summed E-state index contributed by atoms with van der Waals surface area (Å²) in [5, 5.41) is 5.74. The van der Waals surface area contributed by atoms with Crippen LogP contribution in [0.2, 0.25) is 0 Å². The normalized spacial score (nSPS) is 18.8. The van der Waals surface area contributed by atoms with Gasteiger partial charge in [0.15, 0.2) is 6.61 Å². The van der Waals surface area contributed by atoms with Crippen LogP contribution >= 0.6 is 0 Å². The quantitative estimate of drug-likeness (QED) is 0.795. The third kappa shape index (κ3) is 4.93. The van der Waals surface area contributed by atoms with Crippen molar-refractivity contribution in [3.05, 3.63) is 23.8 Å². The molecule has 2 aliphatic rings. The minimum Gasteiger partial charge on any atom is -0.484 e. The molecule has 0 saturated carbocycles. The number of fused-ring (bicyclic) bond motifs is 1. The monoisotopic (exact) mass is 347 g/mol. The predicted molar refractivity (Wildman–Crippen MR) is 93.8 cm³/mol. The first-order valence-electron chi connectivity index (χ1n) is 8.76. The number of ether oxygens (including phenoxy) is 2. The van der Waals surface area contributed by atoms with Gasteiger partial charge in [-0.25, -0.2) is 0 Å². The van der Waals surface area contributed by atoms with Crippen molar-refractivity contribution < 1.29 is 19.1 Å². The van der Waals surface area contributed by atoms with E-state index in [1.54, 1.807) is 6.07 Å². The molecule has 2 amide bonds. The Morgan fingerprint density at radius 3 is 2.96 bits per heavy atom. The highest BCUT2D eigenvalue weighted by molar-refractivity contribution is 5.94. The number of hydrogen-bond acceptors (Lipinski definition) is 5. The summed E-state index contributed by atoms with van der Waals surface area (Å²) >= 11 is 0. The zero-order valence-corrected chi connectivity index (χ0v) is 14.5. The molecule has 7 heteroatoms. The smallest absolute Gasteiger partial charge is 0.257 e. The van der Waals surface area contributed by atoms with E-state index in [2.05, 4.69) is 22.5 Å². The maximum absolute atomic E-state index is 12.0. The molecule has 0 spiro atoms. The lowest BCUT2D eigenvalue weighted by atomic mass is 10.0. The molecule has 2 heterocycles. The Kier molecular flexibility index (Phi) is 5.88. The maximum Gasteiger partial charge on any atom is 0.257 e. The Morgan fingerprint density at radius 2 is 2.16 bits per heavy atom. The second kappa shape index (κ2) is 8.31. The lowest BCUT2D eigenvalue weighted by molar-refractivity contribution is -0.123. The van der Waals surface area contributed by atoms with Gasteiger partial charge in [-0.05, 0) is 37.1 Å². The molecule has 1 aromatic carbocycles. The molecule has 3 rings (SSSR count). The van der Waals surface area contributed by atoms with Crippen molar-refractivity contribution in [1.29, 1.82) is 0 Å². The molecule has 1 aromatic rings. The number of aryl methyl sites for hydroxylation is 1. The van der Waals surface area contributed by atoms with Crippen LogP contribution in [0.1, 0.15) is 18.9 Å². The number of nitrogens with zero attached hydrogens (tertiary/aromatic N) is 1. The van der Waals surface area contributed by atoms with Crippen LogP contribution in [0.5, 0.6) is 5.75 Å². The minimum absolute atomic E-state index is 0.0129. The van der Waals surface area contributed by atoms with E-state index in [-0.39, 0.29) is 24.5 Å².